The average molecular weight is 527 g/mol. The number of carbonyl (C=O) groups excluding carboxylic acids is 2. The van der Waals surface area contributed by atoms with Crippen molar-refractivity contribution in [3.63, 3.8) is 0 Å². The molecule has 7 nitrogen and oxygen atoms in total. The summed E-state index contributed by atoms with van der Waals surface area (Å²) in [6.07, 6.45) is 6.18. The molecular formula is C32H38N4O3. The van der Waals surface area contributed by atoms with Gasteiger partial charge in [0, 0.05) is 42.7 Å². The van der Waals surface area contributed by atoms with Gasteiger partial charge in [-0.15, -0.1) is 0 Å². The second-order valence-corrected chi connectivity index (χ2v) is 12.0. The summed E-state index contributed by atoms with van der Waals surface area (Å²) in [5.74, 6) is 0.373. The third-order valence-corrected chi connectivity index (χ3v) is 8.67. The summed E-state index contributed by atoms with van der Waals surface area (Å²) < 4.78 is 1.73. The van der Waals surface area contributed by atoms with Crippen LogP contribution in [0.5, 0.6) is 0 Å². The number of amides is 2. The van der Waals surface area contributed by atoms with E-state index in [-0.39, 0.29) is 17.4 Å². The zero-order chi connectivity index (χ0) is 27.3. The van der Waals surface area contributed by atoms with Crippen LogP contribution in [0.1, 0.15) is 64.9 Å². The lowest BCUT2D eigenvalue weighted by Crippen LogP contribution is -2.45. The maximum Gasteiger partial charge on any atom is 0.270 e. The molecule has 1 N–H and O–H groups in total. The molecule has 1 saturated heterocycles. The number of nitrogens with zero attached hydrogens (tertiary/aromatic N) is 3. The van der Waals surface area contributed by atoms with E-state index in [4.69, 9.17) is 0 Å². The third kappa shape index (κ3) is 5.37. The Bertz CT molecular complexity index is 1490. The van der Waals surface area contributed by atoms with E-state index in [0.29, 0.717) is 54.3 Å². The van der Waals surface area contributed by atoms with Crippen molar-refractivity contribution < 1.29 is 9.59 Å². The molecule has 7 heteroatoms. The SMILES string of the molecule is Cc1ccc(C(=O)NC2CC2)cc1-c1ccc2c(=O)n(CC3CC3)c(C(=O)N3CCC(N(C)C)CC3)cc2c1. The molecule has 6 rings (SSSR count). The van der Waals surface area contributed by atoms with Crippen LogP contribution in [0.25, 0.3) is 21.9 Å². The maximum atomic E-state index is 13.8. The summed E-state index contributed by atoms with van der Waals surface area (Å²) in [7, 11) is 4.18. The van der Waals surface area contributed by atoms with Gasteiger partial charge >= 0.3 is 0 Å². The largest absolute Gasteiger partial charge is 0.349 e. The van der Waals surface area contributed by atoms with Crippen molar-refractivity contribution in [2.24, 2.45) is 5.92 Å². The molecule has 0 atom stereocenters. The van der Waals surface area contributed by atoms with E-state index >= 15 is 0 Å². The minimum Gasteiger partial charge on any atom is -0.349 e. The molecule has 204 valence electrons. The van der Waals surface area contributed by atoms with E-state index in [1.807, 2.05) is 54.3 Å². The number of pyridine rings is 1. The Hall–Kier alpha value is -3.45. The molecule has 3 aliphatic rings. The summed E-state index contributed by atoms with van der Waals surface area (Å²) in [6.45, 7) is 4.03. The summed E-state index contributed by atoms with van der Waals surface area (Å²) in [4.78, 5) is 44.4. The zero-order valence-electron chi connectivity index (χ0n) is 23.2. The molecule has 0 radical (unpaired) electrons. The van der Waals surface area contributed by atoms with Gasteiger partial charge in [-0.25, -0.2) is 0 Å². The summed E-state index contributed by atoms with van der Waals surface area (Å²) in [5.41, 5.74) is 3.99. The van der Waals surface area contributed by atoms with Crippen molar-refractivity contribution in [2.45, 2.75) is 64.1 Å². The van der Waals surface area contributed by atoms with E-state index in [2.05, 4.69) is 24.3 Å². The molecule has 1 aliphatic heterocycles. The number of aromatic nitrogens is 1. The van der Waals surface area contributed by atoms with Gasteiger partial charge < -0.3 is 19.7 Å². The van der Waals surface area contributed by atoms with Crippen LogP contribution in [0.4, 0.5) is 0 Å². The number of hydrogen-bond donors (Lipinski definition) is 1. The lowest BCUT2D eigenvalue weighted by atomic mass is 9.95. The Labute approximate surface area is 229 Å². The molecule has 0 bridgehead atoms. The van der Waals surface area contributed by atoms with E-state index < -0.39 is 0 Å². The molecule has 0 unspecified atom stereocenters. The second-order valence-electron chi connectivity index (χ2n) is 12.0. The Morgan fingerprint density at radius 2 is 1.69 bits per heavy atom. The second kappa shape index (κ2) is 10.3. The monoisotopic (exact) mass is 526 g/mol. The van der Waals surface area contributed by atoms with Gasteiger partial charge in [0.05, 0.1) is 0 Å². The highest BCUT2D eigenvalue weighted by Gasteiger charge is 2.30. The number of rotatable bonds is 7. The van der Waals surface area contributed by atoms with Crippen LogP contribution in [-0.2, 0) is 6.54 Å². The van der Waals surface area contributed by atoms with E-state index in [1.165, 1.54) is 0 Å². The number of piperidine rings is 1. The van der Waals surface area contributed by atoms with Gasteiger partial charge in [-0.1, -0.05) is 12.1 Å². The molecule has 2 saturated carbocycles. The van der Waals surface area contributed by atoms with Gasteiger partial charge in [0.25, 0.3) is 17.4 Å². The van der Waals surface area contributed by atoms with Crippen molar-refractivity contribution in [1.82, 2.24) is 19.7 Å². The quantitative estimate of drug-likeness (QED) is 0.494. The standard InChI is InChI=1S/C32H38N4O3/c1-20-4-7-23(30(37)33-25-9-10-25)17-28(20)22-8-11-27-24(16-22)18-29(36(31(27)38)19-21-5-6-21)32(39)35-14-12-26(13-15-35)34(2)3/h4,7-8,11,16-18,21,25-26H,5-6,9-10,12-15,19H2,1-3H3,(H,33,37). The first-order valence-electron chi connectivity index (χ1n) is 14.3. The fourth-order valence-corrected chi connectivity index (χ4v) is 5.76. The van der Waals surface area contributed by atoms with Gasteiger partial charge in [-0.2, -0.15) is 0 Å². The first kappa shape index (κ1) is 25.8. The molecule has 3 fully saturated rings. The van der Waals surface area contributed by atoms with Crippen LogP contribution in [0.15, 0.2) is 47.3 Å². The van der Waals surface area contributed by atoms with Crippen molar-refractivity contribution in [3.05, 3.63) is 69.6 Å². The number of hydrogen-bond acceptors (Lipinski definition) is 4. The number of benzene rings is 2. The van der Waals surface area contributed by atoms with Crippen LogP contribution >= 0.6 is 0 Å². The van der Waals surface area contributed by atoms with Crippen LogP contribution in [0.2, 0.25) is 0 Å². The molecule has 2 amide bonds. The van der Waals surface area contributed by atoms with Crippen molar-refractivity contribution in [1.29, 1.82) is 0 Å². The Kier molecular flexibility index (Phi) is 6.79. The smallest absolute Gasteiger partial charge is 0.270 e. The van der Waals surface area contributed by atoms with Crippen LogP contribution in [0, 0.1) is 12.8 Å². The summed E-state index contributed by atoms with van der Waals surface area (Å²) >= 11 is 0. The average Bonchev–Trinajstić information content (AvgIpc) is 3.87. The maximum absolute atomic E-state index is 13.8. The van der Waals surface area contributed by atoms with E-state index in [1.54, 1.807) is 4.57 Å². The molecule has 2 aromatic carbocycles. The van der Waals surface area contributed by atoms with Crippen LogP contribution < -0.4 is 10.9 Å². The highest BCUT2D eigenvalue weighted by atomic mass is 16.2. The first-order chi connectivity index (χ1) is 18.8. The normalized spacial score (nSPS) is 18.1. The van der Waals surface area contributed by atoms with Gasteiger partial charge in [0.2, 0.25) is 0 Å². The predicted molar refractivity (Wildman–Crippen MR) is 154 cm³/mol. The molecule has 3 aromatic rings. The highest BCUT2D eigenvalue weighted by molar-refractivity contribution is 5.99. The predicted octanol–water partition coefficient (Wildman–Crippen LogP) is 4.45. The summed E-state index contributed by atoms with van der Waals surface area (Å²) in [6, 6.07) is 14.3. The minimum atomic E-state index is -0.0910. The topological polar surface area (TPSA) is 74.6 Å². The van der Waals surface area contributed by atoms with Crippen LogP contribution in [-0.4, -0.2) is 65.4 Å². The number of aryl methyl sites for hydroxylation is 1. The molecule has 2 aliphatic carbocycles. The lowest BCUT2D eigenvalue weighted by Gasteiger charge is -2.35. The third-order valence-electron chi connectivity index (χ3n) is 8.67. The number of nitrogens with one attached hydrogen (secondary N) is 1. The number of likely N-dealkylation sites (tertiary alicyclic amines) is 1. The van der Waals surface area contributed by atoms with E-state index in [0.717, 1.165) is 60.6 Å². The Morgan fingerprint density at radius 3 is 2.36 bits per heavy atom. The number of fused-ring (bicyclic) bond motifs is 1. The molecule has 1 aromatic heterocycles. The molecule has 2 heterocycles. The van der Waals surface area contributed by atoms with Gasteiger partial charge in [-0.05, 0) is 118 Å². The van der Waals surface area contributed by atoms with Crippen LogP contribution in [0.3, 0.4) is 0 Å². The first-order valence-corrected chi connectivity index (χ1v) is 14.3. The molecule has 39 heavy (non-hydrogen) atoms. The van der Waals surface area contributed by atoms with E-state index in [9.17, 15) is 14.4 Å². The molecule has 0 spiro atoms. The van der Waals surface area contributed by atoms with Crippen molar-refractivity contribution in [3.8, 4) is 11.1 Å². The Balaban J connectivity index is 1.37. The zero-order valence-corrected chi connectivity index (χ0v) is 23.2. The highest BCUT2D eigenvalue weighted by Crippen LogP contribution is 2.32. The van der Waals surface area contributed by atoms with Gasteiger partial charge in [-0.3, -0.25) is 14.4 Å². The van der Waals surface area contributed by atoms with Gasteiger partial charge in [0.1, 0.15) is 5.69 Å². The summed E-state index contributed by atoms with van der Waals surface area (Å²) in [5, 5.41) is 4.46. The molecular weight excluding hydrogens is 488 g/mol. The van der Waals surface area contributed by atoms with Gasteiger partial charge in [0.15, 0.2) is 0 Å². The minimum absolute atomic E-state index is 0.0478. The fourth-order valence-electron chi connectivity index (χ4n) is 5.76. The fraction of sp³-hybridized carbons (Fsp3) is 0.469. The number of carbonyl (C=O) groups is 2. The van der Waals surface area contributed by atoms with Crippen molar-refractivity contribution >= 4 is 22.6 Å². The lowest BCUT2D eigenvalue weighted by molar-refractivity contribution is 0.0650. The Morgan fingerprint density at radius 1 is 0.949 bits per heavy atom. The van der Waals surface area contributed by atoms with Crippen molar-refractivity contribution in [2.75, 3.05) is 27.2 Å².